The number of fused-ring (bicyclic) bond motifs is 1. The fraction of sp³-hybridized carbons (Fsp3) is 0.419. The number of halogens is 6. The van der Waals surface area contributed by atoms with Crippen LogP contribution in [0.15, 0.2) is 42.5 Å². The summed E-state index contributed by atoms with van der Waals surface area (Å²) in [7, 11) is 1.72. The number of ether oxygens (including phenoxy) is 1. The molecule has 3 heterocycles. The minimum atomic E-state index is -5.02. The topological polar surface area (TPSA) is 78.9 Å². The van der Waals surface area contributed by atoms with Gasteiger partial charge in [0.2, 0.25) is 17.7 Å². The van der Waals surface area contributed by atoms with Gasteiger partial charge in [-0.1, -0.05) is 24.3 Å². The molecule has 2 aliphatic rings. The molecule has 45 heavy (non-hydrogen) atoms. The Balaban J connectivity index is 1.58. The van der Waals surface area contributed by atoms with E-state index in [1.807, 2.05) is 24.0 Å². The second-order valence-corrected chi connectivity index (χ2v) is 11.2. The number of hydrogen-bond acceptors (Lipinski definition) is 6. The van der Waals surface area contributed by atoms with Crippen LogP contribution in [0.25, 0.3) is 11.3 Å². The molecule has 5 rings (SSSR count). The highest BCUT2D eigenvalue weighted by Gasteiger charge is 2.38. The first-order valence-electron chi connectivity index (χ1n) is 14.3. The quantitative estimate of drug-likeness (QED) is 0.322. The number of amides is 2. The van der Waals surface area contributed by atoms with E-state index in [1.165, 1.54) is 11.8 Å². The van der Waals surface area contributed by atoms with E-state index in [1.54, 1.807) is 24.1 Å². The Bertz CT molecular complexity index is 1580. The van der Waals surface area contributed by atoms with Crippen molar-refractivity contribution >= 4 is 17.8 Å². The normalized spacial score (nSPS) is 17.4. The van der Waals surface area contributed by atoms with Crippen molar-refractivity contribution in [3.8, 4) is 17.1 Å². The molecule has 2 aromatic carbocycles. The maximum absolute atomic E-state index is 14.2. The zero-order chi connectivity index (χ0) is 32.7. The average Bonchev–Trinajstić information content (AvgIpc) is 3.46. The predicted octanol–water partition coefficient (Wildman–Crippen LogP) is 5.97. The molecule has 1 fully saturated rings. The lowest BCUT2D eigenvalue weighted by Gasteiger charge is -2.29. The van der Waals surface area contributed by atoms with Gasteiger partial charge in [-0.2, -0.15) is 31.3 Å². The first-order valence-corrected chi connectivity index (χ1v) is 14.3. The van der Waals surface area contributed by atoms with Crippen molar-refractivity contribution in [3.63, 3.8) is 0 Å². The first kappa shape index (κ1) is 32.0. The number of aromatic nitrogens is 2. The number of aryl methyl sites for hydroxylation is 1. The number of hydrogen-bond donors (Lipinski definition) is 0. The van der Waals surface area contributed by atoms with Crippen molar-refractivity contribution < 1.29 is 40.7 Å². The zero-order valence-corrected chi connectivity index (χ0v) is 24.8. The van der Waals surface area contributed by atoms with E-state index in [4.69, 9.17) is 9.72 Å². The van der Waals surface area contributed by atoms with E-state index in [2.05, 4.69) is 4.98 Å². The lowest BCUT2D eigenvalue weighted by molar-refractivity contribution is -0.143. The summed E-state index contributed by atoms with van der Waals surface area (Å²) in [5.41, 5.74) is -1.67. The lowest BCUT2D eigenvalue weighted by atomic mass is 10.00. The summed E-state index contributed by atoms with van der Waals surface area (Å²) in [4.78, 5) is 40.2. The summed E-state index contributed by atoms with van der Waals surface area (Å²) in [6.07, 6.45) is -9.12. The number of carbonyl (C=O) groups is 2. The van der Waals surface area contributed by atoms with E-state index in [0.717, 1.165) is 5.56 Å². The zero-order valence-electron chi connectivity index (χ0n) is 24.8. The molecule has 240 valence electrons. The minimum Gasteiger partial charge on any atom is -0.477 e. The van der Waals surface area contributed by atoms with Crippen LogP contribution in [0, 0.1) is 6.92 Å². The number of likely N-dealkylation sites (N-methyl/N-ethyl adjacent to an activating group) is 1. The number of carbonyl (C=O) groups excluding carboxylic acids is 2. The average molecular weight is 636 g/mol. The number of rotatable bonds is 5. The third-order valence-corrected chi connectivity index (χ3v) is 8.09. The Morgan fingerprint density at radius 1 is 1.02 bits per heavy atom. The molecule has 0 N–H and O–H groups in total. The summed E-state index contributed by atoms with van der Waals surface area (Å²) in [6.45, 7) is 3.87. The highest BCUT2D eigenvalue weighted by Crippen LogP contribution is 2.38. The van der Waals surface area contributed by atoms with Crippen molar-refractivity contribution in [2.75, 3.05) is 38.2 Å². The van der Waals surface area contributed by atoms with E-state index in [0.29, 0.717) is 37.2 Å². The van der Waals surface area contributed by atoms with Gasteiger partial charge in [0.15, 0.2) is 0 Å². The van der Waals surface area contributed by atoms with E-state index in [9.17, 15) is 35.9 Å². The molecule has 3 aromatic rings. The van der Waals surface area contributed by atoms with Crippen LogP contribution in [0.3, 0.4) is 0 Å². The van der Waals surface area contributed by atoms with Crippen LogP contribution in [0.4, 0.5) is 32.3 Å². The van der Waals surface area contributed by atoms with Crippen LogP contribution in [0.1, 0.15) is 52.4 Å². The highest BCUT2D eigenvalue weighted by molar-refractivity contribution is 6.02. The van der Waals surface area contributed by atoms with Gasteiger partial charge < -0.3 is 19.4 Å². The van der Waals surface area contributed by atoms with E-state index < -0.39 is 35.9 Å². The number of benzene rings is 2. The van der Waals surface area contributed by atoms with Crippen LogP contribution in [0.2, 0.25) is 0 Å². The second-order valence-electron chi connectivity index (χ2n) is 11.2. The van der Waals surface area contributed by atoms with Crippen molar-refractivity contribution in [2.24, 2.45) is 0 Å². The van der Waals surface area contributed by atoms with Crippen LogP contribution in [0.5, 0.6) is 5.88 Å². The van der Waals surface area contributed by atoms with Gasteiger partial charge in [0.25, 0.3) is 5.91 Å². The summed E-state index contributed by atoms with van der Waals surface area (Å²) in [5.74, 6) is -0.523. The van der Waals surface area contributed by atoms with E-state index in [-0.39, 0.29) is 66.2 Å². The Morgan fingerprint density at radius 2 is 1.69 bits per heavy atom. The molecule has 0 aliphatic carbocycles. The summed E-state index contributed by atoms with van der Waals surface area (Å²) in [5, 5.41) is 0. The number of nitrogens with zero attached hydrogens (tertiary/aromatic N) is 5. The number of anilines is 1. The molecule has 0 saturated carbocycles. The van der Waals surface area contributed by atoms with Crippen molar-refractivity contribution in [1.82, 2.24) is 19.8 Å². The Morgan fingerprint density at radius 3 is 2.31 bits per heavy atom. The fourth-order valence-corrected chi connectivity index (χ4v) is 5.56. The van der Waals surface area contributed by atoms with Crippen LogP contribution in [-0.2, 0) is 23.7 Å². The van der Waals surface area contributed by atoms with Crippen molar-refractivity contribution in [3.05, 3.63) is 70.3 Å². The fourth-order valence-electron chi connectivity index (χ4n) is 5.56. The predicted molar refractivity (Wildman–Crippen MR) is 153 cm³/mol. The molecule has 0 bridgehead atoms. The van der Waals surface area contributed by atoms with E-state index >= 15 is 0 Å². The van der Waals surface area contributed by atoms with Crippen LogP contribution >= 0.6 is 0 Å². The number of alkyl halides is 6. The largest absolute Gasteiger partial charge is 0.477 e. The van der Waals surface area contributed by atoms with Gasteiger partial charge in [-0.15, -0.1) is 0 Å². The third-order valence-electron chi connectivity index (χ3n) is 8.09. The Hall–Kier alpha value is -4.36. The third kappa shape index (κ3) is 6.84. The standard InChI is InChI=1S/C31H31F6N5O3/c1-18-7-4-5-8-24(18)26-25-27(39-29(38-26)42-11-9-23(17-42)40(3)19(2)43)45-12-6-10-41(28(25)44)16-20-13-21(30(32,33)34)15-22(14-20)31(35,36)37/h4-5,7-8,13-15,23H,6,9-12,16-17H2,1-3H3. The first-order chi connectivity index (χ1) is 21.1. The van der Waals surface area contributed by atoms with Gasteiger partial charge in [-0.25, -0.2) is 4.98 Å². The van der Waals surface area contributed by atoms with Crippen molar-refractivity contribution in [2.45, 2.75) is 51.6 Å². The van der Waals surface area contributed by atoms with Gasteiger partial charge in [0, 0.05) is 45.7 Å². The van der Waals surface area contributed by atoms with Gasteiger partial charge in [-0.05, 0) is 49.1 Å². The summed E-state index contributed by atoms with van der Waals surface area (Å²) in [6, 6.07) is 8.39. The lowest BCUT2D eigenvalue weighted by Crippen LogP contribution is -2.38. The molecule has 0 spiro atoms. The smallest absolute Gasteiger partial charge is 0.416 e. The molecule has 0 radical (unpaired) electrons. The molecule has 8 nitrogen and oxygen atoms in total. The van der Waals surface area contributed by atoms with Gasteiger partial charge in [-0.3, -0.25) is 9.59 Å². The van der Waals surface area contributed by atoms with Gasteiger partial charge in [0.05, 0.1) is 29.5 Å². The minimum absolute atomic E-state index is 0.00994. The highest BCUT2D eigenvalue weighted by atomic mass is 19.4. The SMILES string of the molecule is CC(=O)N(C)C1CCN(c2nc3c(c(-c4ccccc4C)n2)C(=O)N(Cc2cc(C(F)(F)F)cc(C(F)(F)F)c2)CCCO3)C1. The second kappa shape index (κ2) is 12.2. The molecule has 2 aliphatic heterocycles. The van der Waals surface area contributed by atoms with Gasteiger partial charge in [0.1, 0.15) is 5.56 Å². The molecule has 1 saturated heterocycles. The van der Waals surface area contributed by atoms with Crippen molar-refractivity contribution in [1.29, 1.82) is 0 Å². The molecule has 1 unspecified atom stereocenters. The Labute approximate surface area is 255 Å². The molecular formula is C31H31F6N5O3. The summed E-state index contributed by atoms with van der Waals surface area (Å²) < 4.78 is 87.3. The molecule has 1 atom stereocenters. The maximum atomic E-state index is 14.2. The summed E-state index contributed by atoms with van der Waals surface area (Å²) >= 11 is 0. The molecule has 2 amide bonds. The van der Waals surface area contributed by atoms with Gasteiger partial charge >= 0.3 is 12.4 Å². The molecule has 1 aromatic heterocycles. The molecule has 14 heteroatoms. The maximum Gasteiger partial charge on any atom is 0.416 e. The van der Waals surface area contributed by atoms with Crippen LogP contribution in [-0.4, -0.2) is 70.9 Å². The Kier molecular flexibility index (Phi) is 8.69. The monoisotopic (exact) mass is 635 g/mol. The van der Waals surface area contributed by atoms with Crippen LogP contribution < -0.4 is 9.64 Å². The molecular weight excluding hydrogens is 604 g/mol.